The van der Waals surface area contributed by atoms with Gasteiger partial charge in [-0.3, -0.25) is 0 Å². The second-order valence-electron chi connectivity index (χ2n) is 7.62. The lowest BCUT2D eigenvalue weighted by molar-refractivity contribution is -0.0530. The first-order chi connectivity index (χ1) is 13.0. The van der Waals surface area contributed by atoms with Crippen molar-refractivity contribution in [1.82, 2.24) is 29.5 Å². The number of nitrogen functional groups attached to an aromatic ring is 1. The van der Waals surface area contributed by atoms with Gasteiger partial charge in [0.1, 0.15) is 11.4 Å². The zero-order valence-corrected chi connectivity index (χ0v) is 15.4. The maximum Gasteiger partial charge on any atom is 0.219 e. The maximum absolute atomic E-state index is 5.92. The highest BCUT2D eigenvalue weighted by molar-refractivity contribution is 5.86. The molecule has 5 rings (SSSR count). The molecule has 0 bridgehead atoms. The smallest absolute Gasteiger partial charge is 0.219 e. The van der Waals surface area contributed by atoms with E-state index < -0.39 is 5.60 Å². The molecule has 0 radical (unpaired) electrons. The van der Waals surface area contributed by atoms with Crippen LogP contribution in [0.4, 0.5) is 11.8 Å². The molecule has 0 atom stereocenters. The number of nitrogens with zero attached hydrogens (tertiary/aromatic N) is 6. The Hall–Kier alpha value is -2.81. The minimum Gasteiger partial charge on any atom is -0.368 e. The van der Waals surface area contributed by atoms with Crippen molar-refractivity contribution in [2.45, 2.75) is 51.3 Å². The Morgan fingerprint density at radius 1 is 1.19 bits per heavy atom. The molecule has 0 spiro atoms. The second-order valence-corrected chi connectivity index (χ2v) is 7.62. The fourth-order valence-electron chi connectivity index (χ4n) is 3.56. The Kier molecular flexibility index (Phi) is 3.55. The van der Waals surface area contributed by atoms with Gasteiger partial charge < -0.3 is 20.4 Å². The molecule has 9 nitrogen and oxygen atoms in total. The first kappa shape index (κ1) is 16.4. The van der Waals surface area contributed by atoms with Crippen LogP contribution in [-0.4, -0.2) is 42.1 Å². The third-order valence-corrected chi connectivity index (χ3v) is 5.29. The van der Waals surface area contributed by atoms with Gasteiger partial charge in [0.25, 0.3) is 0 Å². The van der Waals surface area contributed by atoms with Crippen LogP contribution in [0.5, 0.6) is 0 Å². The number of anilines is 2. The summed E-state index contributed by atoms with van der Waals surface area (Å²) in [5.74, 6) is 2.43. The Balaban J connectivity index is 1.71. The SMILES string of the molecule is CC1(C)OCCn2c1nc1c(NC3CCC3)nc(-c3cnc(N)nc3)nc12. The Labute approximate surface area is 156 Å². The number of fused-ring (bicyclic) bond motifs is 3. The zero-order valence-electron chi connectivity index (χ0n) is 15.4. The standard InChI is InChI=1S/C18H22N8O/c1-18(2)16-23-12-14(22-11-4-3-5-11)24-13(10-8-20-17(19)21-9-10)25-15(12)26(16)6-7-27-18/h8-9,11H,3-7H2,1-2H3,(H2,19,20,21)(H,22,24,25). The minimum absolute atomic E-state index is 0.230. The third-order valence-electron chi connectivity index (χ3n) is 5.29. The van der Waals surface area contributed by atoms with Gasteiger partial charge in [-0.1, -0.05) is 0 Å². The summed E-state index contributed by atoms with van der Waals surface area (Å²) in [6.07, 6.45) is 6.83. The summed E-state index contributed by atoms with van der Waals surface area (Å²) < 4.78 is 8.05. The summed E-state index contributed by atoms with van der Waals surface area (Å²) in [7, 11) is 0. The lowest BCUT2D eigenvalue weighted by Gasteiger charge is -2.30. The van der Waals surface area contributed by atoms with E-state index in [9.17, 15) is 0 Å². The van der Waals surface area contributed by atoms with Crippen molar-refractivity contribution in [3.05, 3.63) is 18.2 Å². The highest BCUT2D eigenvalue weighted by Crippen LogP contribution is 2.34. The van der Waals surface area contributed by atoms with E-state index >= 15 is 0 Å². The van der Waals surface area contributed by atoms with Gasteiger partial charge >= 0.3 is 0 Å². The van der Waals surface area contributed by atoms with Crippen molar-refractivity contribution in [1.29, 1.82) is 0 Å². The van der Waals surface area contributed by atoms with E-state index in [-0.39, 0.29) is 5.95 Å². The van der Waals surface area contributed by atoms with Gasteiger partial charge in [-0.05, 0) is 33.1 Å². The van der Waals surface area contributed by atoms with Crippen LogP contribution in [0.1, 0.15) is 38.9 Å². The number of imidazole rings is 1. The number of nitrogens with one attached hydrogen (secondary N) is 1. The predicted molar refractivity (Wildman–Crippen MR) is 101 cm³/mol. The molecule has 3 N–H and O–H groups in total. The highest BCUT2D eigenvalue weighted by atomic mass is 16.5. The molecule has 2 aliphatic rings. The predicted octanol–water partition coefficient (Wildman–Crippen LogP) is 2.10. The van der Waals surface area contributed by atoms with Gasteiger partial charge in [0.05, 0.1) is 12.2 Å². The van der Waals surface area contributed by atoms with Gasteiger partial charge in [0.2, 0.25) is 5.95 Å². The number of ether oxygens (including phenoxy) is 1. The number of hydrogen-bond acceptors (Lipinski definition) is 8. The van der Waals surface area contributed by atoms with E-state index in [2.05, 4.69) is 19.9 Å². The van der Waals surface area contributed by atoms with Crippen molar-refractivity contribution in [2.24, 2.45) is 0 Å². The average Bonchev–Trinajstić information content (AvgIpc) is 2.99. The van der Waals surface area contributed by atoms with Crippen LogP contribution in [-0.2, 0) is 16.9 Å². The average molecular weight is 366 g/mol. The van der Waals surface area contributed by atoms with Gasteiger partial charge in [0.15, 0.2) is 22.8 Å². The summed E-state index contributed by atoms with van der Waals surface area (Å²) in [6.45, 7) is 5.41. The van der Waals surface area contributed by atoms with Crippen molar-refractivity contribution >= 4 is 22.9 Å². The van der Waals surface area contributed by atoms with E-state index in [0.29, 0.717) is 25.0 Å². The van der Waals surface area contributed by atoms with Crippen LogP contribution in [0.25, 0.3) is 22.6 Å². The van der Waals surface area contributed by atoms with Crippen LogP contribution in [0.2, 0.25) is 0 Å². The third kappa shape index (κ3) is 2.69. The molecule has 0 unspecified atom stereocenters. The molecule has 4 heterocycles. The monoisotopic (exact) mass is 366 g/mol. The Morgan fingerprint density at radius 3 is 2.67 bits per heavy atom. The molecule has 3 aromatic rings. The van der Waals surface area contributed by atoms with Gasteiger partial charge in [0, 0.05) is 25.0 Å². The fourth-order valence-corrected chi connectivity index (χ4v) is 3.56. The van der Waals surface area contributed by atoms with Crippen LogP contribution >= 0.6 is 0 Å². The number of hydrogen-bond donors (Lipinski definition) is 2. The van der Waals surface area contributed by atoms with E-state index in [0.717, 1.165) is 41.2 Å². The highest BCUT2D eigenvalue weighted by Gasteiger charge is 2.34. The second kappa shape index (κ2) is 5.85. The molecule has 1 aliphatic heterocycles. The van der Waals surface area contributed by atoms with Crippen molar-refractivity contribution < 1.29 is 4.74 Å². The quantitative estimate of drug-likeness (QED) is 0.724. The van der Waals surface area contributed by atoms with E-state index in [1.165, 1.54) is 6.42 Å². The van der Waals surface area contributed by atoms with Gasteiger partial charge in [-0.15, -0.1) is 0 Å². The molecular weight excluding hydrogens is 344 g/mol. The van der Waals surface area contributed by atoms with Crippen LogP contribution in [0.15, 0.2) is 12.4 Å². The summed E-state index contributed by atoms with van der Waals surface area (Å²) in [5.41, 5.74) is 7.48. The molecule has 0 saturated heterocycles. The molecule has 9 heteroatoms. The fraction of sp³-hybridized carbons (Fsp3) is 0.500. The van der Waals surface area contributed by atoms with Crippen LogP contribution in [0.3, 0.4) is 0 Å². The first-order valence-corrected chi connectivity index (χ1v) is 9.28. The zero-order chi connectivity index (χ0) is 18.6. The lowest BCUT2D eigenvalue weighted by atomic mass is 9.93. The van der Waals surface area contributed by atoms with Crippen LogP contribution < -0.4 is 11.1 Å². The molecule has 0 aromatic carbocycles. The summed E-state index contributed by atoms with van der Waals surface area (Å²) in [5, 5.41) is 3.55. The van der Waals surface area contributed by atoms with Crippen LogP contribution in [0, 0.1) is 0 Å². The summed E-state index contributed by atoms with van der Waals surface area (Å²) >= 11 is 0. The Bertz CT molecular complexity index is 1010. The van der Waals surface area contributed by atoms with E-state index in [1.807, 2.05) is 13.8 Å². The topological polar surface area (TPSA) is 117 Å². The molecule has 27 heavy (non-hydrogen) atoms. The molecule has 1 fully saturated rings. The normalized spacial score (nSPS) is 18.9. The van der Waals surface area contributed by atoms with Crippen molar-refractivity contribution in [2.75, 3.05) is 17.7 Å². The van der Waals surface area contributed by atoms with E-state index in [1.54, 1.807) is 12.4 Å². The van der Waals surface area contributed by atoms with E-state index in [4.69, 9.17) is 25.4 Å². The Morgan fingerprint density at radius 2 is 1.96 bits per heavy atom. The largest absolute Gasteiger partial charge is 0.368 e. The molecular formula is C18H22N8O. The minimum atomic E-state index is -0.461. The lowest BCUT2D eigenvalue weighted by Crippen LogP contribution is -2.33. The molecule has 3 aromatic heterocycles. The maximum atomic E-state index is 5.92. The molecule has 1 saturated carbocycles. The number of rotatable bonds is 3. The molecule has 0 amide bonds. The first-order valence-electron chi connectivity index (χ1n) is 9.28. The molecule has 140 valence electrons. The van der Waals surface area contributed by atoms with Crippen molar-refractivity contribution in [3.8, 4) is 11.4 Å². The van der Waals surface area contributed by atoms with Crippen molar-refractivity contribution in [3.63, 3.8) is 0 Å². The molecule has 1 aliphatic carbocycles. The summed E-state index contributed by atoms with van der Waals surface area (Å²) in [6, 6.07) is 0.432. The summed E-state index contributed by atoms with van der Waals surface area (Å²) in [4.78, 5) is 22.6. The van der Waals surface area contributed by atoms with Gasteiger partial charge in [-0.25, -0.2) is 24.9 Å². The number of nitrogens with two attached hydrogens (primary N) is 1. The van der Waals surface area contributed by atoms with Gasteiger partial charge in [-0.2, -0.15) is 0 Å². The number of aromatic nitrogens is 6.